The highest BCUT2D eigenvalue weighted by atomic mass is 16.5. The third-order valence-corrected chi connectivity index (χ3v) is 3.38. The number of nitrogens with zero attached hydrogens (tertiary/aromatic N) is 1. The number of hydrogen-bond donors (Lipinski definition) is 1. The van der Waals surface area contributed by atoms with Gasteiger partial charge in [0.1, 0.15) is 6.10 Å². The minimum atomic E-state index is -0.291. The van der Waals surface area contributed by atoms with Gasteiger partial charge in [0, 0.05) is 19.6 Å². The smallest absolute Gasteiger partial charge is 0.251 e. The molecule has 4 atom stereocenters. The van der Waals surface area contributed by atoms with Crippen molar-refractivity contribution in [3.05, 3.63) is 0 Å². The molecule has 2 rings (SSSR count). The summed E-state index contributed by atoms with van der Waals surface area (Å²) >= 11 is 0. The van der Waals surface area contributed by atoms with Crippen LogP contribution in [0.4, 0.5) is 0 Å². The van der Waals surface area contributed by atoms with Crippen molar-refractivity contribution in [2.45, 2.75) is 51.1 Å². The Morgan fingerprint density at radius 2 is 1.88 bits per heavy atom. The van der Waals surface area contributed by atoms with Crippen LogP contribution in [0.5, 0.6) is 0 Å². The Hall–Kier alpha value is -0.650. The Balaban J connectivity index is 1.91. The van der Waals surface area contributed by atoms with Crippen molar-refractivity contribution in [3.63, 3.8) is 0 Å². The molecule has 2 fully saturated rings. The molecule has 98 valence electrons. The van der Waals surface area contributed by atoms with E-state index in [2.05, 4.69) is 0 Å². The monoisotopic (exact) mass is 242 g/mol. The highest BCUT2D eigenvalue weighted by Gasteiger charge is 2.35. The van der Waals surface area contributed by atoms with Gasteiger partial charge in [-0.1, -0.05) is 0 Å². The number of carbonyl (C=O) groups excluding carboxylic acids is 1. The van der Waals surface area contributed by atoms with Crippen molar-refractivity contribution in [2.24, 2.45) is 5.73 Å². The standard InChI is InChI=1S/C12H22N2O3/c1-8-6-14(7-9(2)16-8)12(15)11-4-3-10(5-13)17-11/h8-11H,3-7,13H2,1-2H3/t8?,9?,10-,11+/m1/s1. The van der Waals surface area contributed by atoms with Crippen LogP contribution in [-0.4, -0.2) is 54.9 Å². The van der Waals surface area contributed by atoms with Crippen LogP contribution in [0.15, 0.2) is 0 Å². The molecule has 0 saturated carbocycles. The molecule has 17 heavy (non-hydrogen) atoms. The number of morpholine rings is 1. The summed E-state index contributed by atoms with van der Waals surface area (Å²) in [7, 11) is 0. The summed E-state index contributed by atoms with van der Waals surface area (Å²) < 4.78 is 11.3. The van der Waals surface area contributed by atoms with E-state index in [-0.39, 0.29) is 30.3 Å². The fraction of sp³-hybridized carbons (Fsp3) is 0.917. The van der Waals surface area contributed by atoms with Gasteiger partial charge in [0.05, 0.1) is 18.3 Å². The van der Waals surface area contributed by atoms with Gasteiger partial charge in [-0.3, -0.25) is 4.79 Å². The zero-order valence-electron chi connectivity index (χ0n) is 10.6. The first kappa shape index (κ1) is 12.8. The molecule has 5 heteroatoms. The summed E-state index contributed by atoms with van der Waals surface area (Å²) in [6.07, 6.45) is 1.66. The van der Waals surface area contributed by atoms with E-state index in [0.717, 1.165) is 12.8 Å². The fourth-order valence-corrected chi connectivity index (χ4v) is 2.62. The molecule has 2 aliphatic heterocycles. The van der Waals surface area contributed by atoms with Gasteiger partial charge >= 0.3 is 0 Å². The lowest BCUT2D eigenvalue weighted by Gasteiger charge is -2.36. The third kappa shape index (κ3) is 2.97. The number of hydrogen-bond acceptors (Lipinski definition) is 4. The van der Waals surface area contributed by atoms with Crippen LogP contribution in [0.3, 0.4) is 0 Å². The van der Waals surface area contributed by atoms with E-state index in [1.807, 2.05) is 18.7 Å². The van der Waals surface area contributed by atoms with E-state index in [4.69, 9.17) is 15.2 Å². The number of amides is 1. The molecule has 0 aromatic carbocycles. The van der Waals surface area contributed by atoms with Gasteiger partial charge < -0.3 is 20.1 Å². The van der Waals surface area contributed by atoms with E-state index >= 15 is 0 Å². The summed E-state index contributed by atoms with van der Waals surface area (Å²) in [5.41, 5.74) is 5.55. The molecule has 5 nitrogen and oxygen atoms in total. The Labute approximate surface area is 102 Å². The van der Waals surface area contributed by atoms with Crippen LogP contribution in [0.2, 0.25) is 0 Å². The van der Waals surface area contributed by atoms with Gasteiger partial charge in [-0.2, -0.15) is 0 Å². The molecule has 2 heterocycles. The lowest BCUT2D eigenvalue weighted by atomic mass is 10.1. The second kappa shape index (κ2) is 5.33. The number of carbonyl (C=O) groups is 1. The summed E-state index contributed by atoms with van der Waals surface area (Å²) in [4.78, 5) is 14.1. The molecule has 0 bridgehead atoms. The van der Waals surface area contributed by atoms with Crippen LogP contribution in [0.25, 0.3) is 0 Å². The summed E-state index contributed by atoms with van der Waals surface area (Å²) in [5.74, 6) is 0.1000. The van der Waals surface area contributed by atoms with E-state index in [0.29, 0.717) is 19.6 Å². The predicted octanol–water partition coefficient (Wildman–Crippen LogP) is 0.129. The fourth-order valence-electron chi connectivity index (χ4n) is 2.62. The first-order chi connectivity index (χ1) is 8.10. The van der Waals surface area contributed by atoms with Gasteiger partial charge in [0.2, 0.25) is 0 Å². The van der Waals surface area contributed by atoms with E-state index in [1.54, 1.807) is 0 Å². The topological polar surface area (TPSA) is 64.8 Å². The zero-order chi connectivity index (χ0) is 12.4. The van der Waals surface area contributed by atoms with E-state index in [1.165, 1.54) is 0 Å². The highest BCUT2D eigenvalue weighted by molar-refractivity contribution is 5.81. The molecule has 0 aliphatic carbocycles. The number of ether oxygens (including phenoxy) is 2. The molecular formula is C12H22N2O3. The number of rotatable bonds is 2. The second-order valence-corrected chi connectivity index (χ2v) is 5.06. The molecule has 1 amide bonds. The average molecular weight is 242 g/mol. The summed E-state index contributed by atoms with van der Waals surface area (Å²) in [5, 5.41) is 0. The molecule has 0 spiro atoms. The summed E-state index contributed by atoms with van der Waals surface area (Å²) in [6, 6.07) is 0. The lowest BCUT2D eigenvalue weighted by Crippen LogP contribution is -2.51. The Kier molecular flexibility index (Phi) is 4.01. The molecular weight excluding hydrogens is 220 g/mol. The van der Waals surface area contributed by atoms with Crippen LogP contribution in [0.1, 0.15) is 26.7 Å². The molecule has 2 aliphatic rings. The zero-order valence-corrected chi connectivity index (χ0v) is 10.6. The van der Waals surface area contributed by atoms with Crippen molar-refractivity contribution in [1.29, 1.82) is 0 Å². The third-order valence-electron chi connectivity index (χ3n) is 3.38. The van der Waals surface area contributed by atoms with E-state index in [9.17, 15) is 4.79 Å². The quantitative estimate of drug-likeness (QED) is 0.747. The summed E-state index contributed by atoms with van der Waals surface area (Å²) in [6.45, 7) is 5.81. The highest BCUT2D eigenvalue weighted by Crippen LogP contribution is 2.22. The normalized spacial score (nSPS) is 38.4. The van der Waals surface area contributed by atoms with E-state index < -0.39 is 0 Å². The Morgan fingerprint density at radius 3 is 2.41 bits per heavy atom. The van der Waals surface area contributed by atoms with Crippen LogP contribution < -0.4 is 5.73 Å². The first-order valence-electron chi connectivity index (χ1n) is 6.40. The molecule has 0 radical (unpaired) electrons. The second-order valence-electron chi connectivity index (χ2n) is 5.06. The molecule has 0 aromatic rings. The van der Waals surface area contributed by atoms with Gasteiger partial charge in [-0.15, -0.1) is 0 Å². The average Bonchev–Trinajstić information content (AvgIpc) is 2.75. The molecule has 0 aromatic heterocycles. The van der Waals surface area contributed by atoms with Gasteiger partial charge in [0.15, 0.2) is 0 Å². The van der Waals surface area contributed by atoms with Crippen molar-refractivity contribution in [1.82, 2.24) is 4.90 Å². The van der Waals surface area contributed by atoms with Gasteiger partial charge in [0.25, 0.3) is 5.91 Å². The van der Waals surface area contributed by atoms with Gasteiger partial charge in [-0.25, -0.2) is 0 Å². The largest absolute Gasteiger partial charge is 0.372 e. The van der Waals surface area contributed by atoms with Gasteiger partial charge in [-0.05, 0) is 26.7 Å². The van der Waals surface area contributed by atoms with Crippen molar-refractivity contribution < 1.29 is 14.3 Å². The predicted molar refractivity (Wildman–Crippen MR) is 63.5 cm³/mol. The SMILES string of the molecule is CC1CN(C(=O)[C@@H]2CC[C@H](CN)O2)CC(C)O1. The minimum absolute atomic E-state index is 0.0554. The maximum Gasteiger partial charge on any atom is 0.251 e. The van der Waals surface area contributed by atoms with Crippen LogP contribution >= 0.6 is 0 Å². The molecule has 2 unspecified atom stereocenters. The van der Waals surface area contributed by atoms with Crippen LogP contribution in [-0.2, 0) is 14.3 Å². The number of nitrogens with two attached hydrogens (primary N) is 1. The first-order valence-corrected chi connectivity index (χ1v) is 6.40. The van der Waals surface area contributed by atoms with Crippen molar-refractivity contribution in [3.8, 4) is 0 Å². The maximum absolute atomic E-state index is 12.3. The van der Waals surface area contributed by atoms with Crippen molar-refractivity contribution in [2.75, 3.05) is 19.6 Å². The minimum Gasteiger partial charge on any atom is -0.372 e. The molecule has 2 saturated heterocycles. The van der Waals surface area contributed by atoms with Crippen molar-refractivity contribution >= 4 is 5.91 Å². The molecule has 2 N–H and O–H groups in total. The Bertz CT molecular complexity index is 275. The Morgan fingerprint density at radius 1 is 1.24 bits per heavy atom. The lowest BCUT2D eigenvalue weighted by molar-refractivity contribution is -0.154. The maximum atomic E-state index is 12.3. The van der Waals surface area contributed by atoms with Crippen LogP contribution in [0, 0.1) is 0 Å².